The largest absolute Gasteiger partial charge is 0.393 e. The summed E-state index contributed by atoms with van der Waals surface area (Å²) in [7, 11) is 0. The molecule has 1 saturated heterocycles. The second-order valence-corrected chi connectivity index (χ2v) is 5.61. The number of nitrogens with two attached hydrogens (primary N) is 1. The molecule has 1 fully saturated rings. The summed E-state index contributed by atoms with van der Waals surface area (Å²) in [5, 5.41) is 5.92. The van der Waals surface area contributed by atoms with Gasteiger partial charge >= 0.3 is 0 Å². The molecule has 3 rings (SSSR count). The van der Waals surface area contributed by atoms with Crippen molar-refractivity contribution >= 4 is 23.0 Å². The molecule has 0 bridgehead atoms. The van der Waals surface area contributed by atoms with Gasteiger partial charge in [0.2, 0.25) is 0 Å². The van der Waals surface area contributed by atoms with Gasteiger partial charge in [-0.15, -0.1) is 0 Å². The van der Waals surface area contributed by atoms with Crippen LogP contribution in [0.4, 0.5) is 31.8 Å². The third-order valence-corrected chi connectivity index (χ3v) is 3.89. The normalized spacial score (nSPS) is 15.1. The van der Waals surface area contributed by atoms with Crippen molar-refractivity contribution in [1.82, 2.24) is 14.9 Å². The van der Waals surface area contributed by atoms with Gasteiger partial charge in [0.1, 0.15) is 23.6 Å². The van der Waals surface area contributed by atoms with E-state index in [2.05, 4.69) is 25.5 Å². The standard InChI is InChI=1S/C16H20F2N6O/c17-11-1-2-13(12(18)9-11)23-16-14(19)15(21-10-22-16)20-3-4-24-5-7-25-8-6-24/h1-2,9-10H,3-8,19H2,(H2,20,21,22,23). The molecular weight excluding hydrogens is 330 g/mol. The molecule has 0 amide bonds. The predicted octanol–water partition coefficient (Wildman–Crippen LogP) is 1.82. The number of nitrogens with zero attached hydrogens (tertiary/aromatic N) is 3. The summed E-state index contributed by atoms with van der Waals surface area (Å²) in [4.78, 5) is 10.4. The Morgan fingerprint density at radius 2 is 1.92 bits per heavy atom. The minimum absolute atomic E-state index is 0.0890. The van der Waals surface area contributed by atoms with Gasteiger partial charge < -0.3 is 21.1 Å². The highest BCUT2D eigenvalue weighted by atomic mass is 19.1. The van der Waals surface area contributed by atoms with Gasteiger partial charge in [-0.25, -0.2) is 18.7 Å². The van der Waals surface area contributed by atoms with E-state index in [-0.39, 0.29) is 17.2 Å². The average molecular weight is 350 g/mol. The quantitative estimate of drug-likeness (QED) is 0.732. The maximum Gasteiger partial charge on any atom is 0.159 e. The lowest BCUT2D eigenvalue weighted by molar-refractivity contribution is 0.0398. The third kappa shape index (κ3) is 4.52. The van der Waals surface area contributed by atoms with E-state index >= 15 is 0 Å². The summed E-state index contributed by atoms with van der Waals surface area (Å²) in [5.41, 5.74) is 6.41. The first-order chi connectivity index (χ1) is 12.1. The van der Waals surface area contributed by atoms with E-state index in [0.717, 1.165) is 45.0 Å². The third-order valence-electron chi connectivity index (χ3n) is 3.89. The molecule has 0 radical (unpaired) electrons. The van der Waals surface area contributed by atoms with E-state index in [1.807, 2.05) is 0 Å². The van der Waals surface area contributed by atoms with Crippen LogP contribution < -0.4 is 16.4 Å². The Kier molecular flexibility index (Phi) is 5.56. The molecule has 0 unspecified atom stereocenters. The van der Waals surface area contributed by atoms with Crippen molar-refractivity contribution in [2.24, 2.45) is 0 Å². The second-order valence-electron chi connectivity index (χ2n) is 5.61. The van der Waals surface area contributed by atoms with Crippen LogP contribution in [-0.2, 0) is 4.74 Å². The van der Waals surface area contributed by atoms with E-state index in [9.17, 15) is 8.78 Å². The lowest BCUT2D eigenvalue weighted by Crippen LogP contribution is -2.39. The lowest BCUT2D eigenvalue weighted by atomic mass is 10.3. The molecular formula is C16H20F2N6O. The summed E-state index contributed by atoms with van der Waals surface area (Å²) in [6.07, 6.45) is 1.33. The Labute approximate surface area is 144 Å². The van der Waals surface area contributed by atoms with E-state index in [1.54, 1.807) is 0 Å². The van der Waals surface area contributed by atoms with Crippen LogP contribution in [0.1, 0.15) is 0 Å². The molecule has 0 aliphatic carbocycles. The number of morpholine rings is 1. The zero-order chi connectivity index (χ0) is 17.6. The van der Waals surface area contributed by atoms with Crippen molar-refractivity contribution in [2.75, 3.05) is 55.8 Å². The number of anilines is 4. The van der Waals surface area contributed by atoms with E-state index in [1.165, 1.54) is 12.4 Å². The monoisotopic (exact) mass is 350 g/mol. The fraction of sp³-hybridized carbons (Fsp3) is 0.375. The zero-order valence-electron chi connectivity index (χ0n) is 13.6. The Morgan fingerprint density at radius 3 is 2.68 bits per heavy atom. The molecule has 1 aromatic carbocycles. The smallest absolute Gasteiger partial charge is 0.159 e. The van der Waals surface area contributed by atoms with Gasteiger partial charge in [0.05, 0.1) is 18.9 Å². The van der Waals surface area contributed by atoms with Crippen molar-refractivity contribution in [3.05, 3.63) is 36.2 Å². The van der Waals surface area contributed by atoms with Crippen LogP contribution in [0, 0.1) is 11.6 Å². The average Bonchev–Trinajstić information content (AvgIpc) is 2.61. The summed E-state index contributed by atoms with van der Waals surface area (Å²) in [6, 6.07) is 3.24. The Morgan fingerprint density at radius 1 is 1.16 bits per heavy atom. The first kappa shape index (κ1) is 17.3. The molecule has 7 nitrogen and oxygen atoms in total. The Hall–Kier alpha value is -2.52. The maximum absolute atomic E-state index is 13.8. The predicted molar refractivity (Wildman–Crippen MR) is 91.8 cm³/mol. The van der Waals surface area contributed by atoms with E-state index in [4.69, 9.17) is 10.5 Å². The molecule has 9 heteroatoms. The molecule has 25 heavy (non-hydrogen) atoms. The molecule has 1 aliphatic rings. The SMILES string of the molecule is Nc1c(NCCN2CCOCC2)ncnc1Nc1ccc(F)cc1F. The van der Waals surface area contributed by atoms with Gasteiger partial charge in [-0.05, 0) is 12.1 Å². The molecule has 4 N–H and O–H groups in total. The van der Waals surface area contributed by atoms with Crippen molar-refractivity contribution in [3.8, 4) is 0 Å². The minimum Gasteiger partial charge on any atom is -0.393 e. The highest BCUT2D eigenvalue weighted by Gasteiger charge is 2.12. The number of halogens is 2. The number of hydrogen-bond donors (Lipinski definition) is 3. The van der Waals surface area contributed by atoms with Gasteiger partial charge in [-0.2, -0.15) is 0 Å². The van der Waals surface area contributed by atoms with Gasteiger partial charge in [-0.1, -0.05) is 0 Å². The second kappa shape index (κ2) is 8.04. The van der Waals surface area contributed by atoms with E-state index in [0.29, 0.717) is 12.4 Å². The zero-order valence-corrected chi connectivity index (χ0v) is 13.6. The first-order valence-corrected chi connectivity index (χ1v) is 8.00. The summed E-state index contributed by atoms with van der Waals surface area (Å²) in [5.74, 6) is -0.647. The molecule has 1 aromatic heterocycles. The molecule has 2 aromatic rings. The van der Waals surface area contributed by atoms with Crippen LogP contribution in [0.15, 0.2) is 24.5 Å². The van der Waals surface area contributed by atoms with Gasteiger partial charge in [-0.3, -0.25) is 4.90 Å². The minimum atomic E-state index is -0.722. The van der Waals surface area contributed by atoms with E-state index < -0.39 is 11.6 Å². The first-order valence-electron chi connectivity index (χ1n) is 8.00. The van der Waals surface area contributed by atoms with Crippen molar-refractivity contribution < 1.29 is 13.5 Å². The molecule has 2 heterocycles. The van der Waals surface area contributed by atoms with Gasteiger partial charge in [0.15, 0.2) is 11.6 Å². The fourth-order valence-electron chi connectivity index (χ4n) is 2.51. The molecule has 0 spiro atoms. The van der Waals surface area contributed by atoms with Gasteiger partial charge in [0, 0.05) is 32.2 Å². The molecule has 0 atom stereocenters. The highest BCUT2D eigenvalue weighted by Crippen LogP contribution is 2.27. The fourth-order valence-corrected chi connectivity index (χ4v) is 2.51. The molecule has 134 valence electrons. The van der Waals surface area contributed by atoms with Crippen LogP contribution in [-0.4, -0.2) is 54.3 Å². The number of hydrogen-bond acceptors (Lipinski definition) is 7. The summed E-state index contributed by atoms with van der Waals surface area (Å²) >= 11 is 0. The van der Waals surface area contributed by atoms with Crippen molar-refractivity contribution in [1.29, 1.82) is 0 Å². The number of nitrogen functional groups attached to an aromatic ring is 1. The highest BCUT2D eigenvalue weighted by molar-refractivity contribution is 5.77. The van der Waals surface area contributed by atoms with Crippen LogP contribution in [0.25, 0.3) is 0 Å². The number of nitrogens with one attached hydrogen (secondary N) is 2. The Bertz CT molecular complexity index is 724. The van der Waals surface area contributed by atoms with Crippen LogP contribution in [0.3, 0.4) is 0 Å². The Balaban J connectivity index is 1.63. The lowest BCUT2D eigenvalue weighted by Gasteiger charge is -2.26. The maximum atomic E-state index is 13.8. The van der Waals surface area contributed by atoms with Crippen LogP contribution in [0.2, 0.25) is 0 Å². The number of rotatable bonds is 6. The topological polar surface area (TPSA) is 88.3 Å². The summed E-state index contributed by atoms with van der Waals surface area (Å²) in [6.45, 7) is 4.78. The molecule has 1 aliphatic heterocycles. The number of ether oxygens (including phenoxy) is 1. The van der Waals surface area contributed by atoms with Gasteiger partial charge in [0.25, 0.3) is 0 Å². The van der Waals surface area contributed by atoms with Crippen LogP contribution >= 0.6 is 0 Å². The number of benzene rings is 1. The summed E-state index contributed by atoms with van der Waals surface area (Å²) < 4.78 is 32.0. The van der Waals surface area contributed by atoms with Crippen LogP contribution in [0.5, 0.6) is 0 Å². The molecule has 0 saturated carbocycles. The van der Waals surface area contributed by atoms with Crippen molar-refractivity contribution in [3.63, 3.8) is 0 Å². The number of aromatic nitrogens is 2. The van der Waals surface area contributed by atoms with Crippen molar-refractivity contribution in [2.45, 2.75) is 0 Å².